The number of aryl methyl sites for hydroxylation is 8. The van der Waals surface area contributed by atoms with Crippen molar-refractivity contribution in [3.05, 3.63) is 291 Å². The second-order valence-electron chi connectivity index (χ2n) is 38.7. The first-order valence-electron chi connectivity index (χ1n) is 45.5. The van der Waals surface area contributed by atoms with E-state index in [1.54, 1.807) is 42.7 Å². The van der Waals surface area contributed by atoms with Crippen LogP contribution in [-0.4, -0.2) is 83.5 Å². The summed E-state index contributed by atoms with van der Waals surface area (Å²) in [5.74, 6) is 4.61. The highest BCUT2D eigenvalue weighted by atomic mass is 16.5. The molecule has 10 aromatic rings. The van der Waals surface area contributed by atoms with Crippen molar-refractivity contribution < 1.29 is 78.7 Å². The molecule has 4 fully saturated rings. The molecule has 0 heterocycles. The van der Waals surface area contributed by atoms with Gasteiger partial charge in [-0.1, -0.05) is 158 Å². The average Bonchev–Trinajstić information content (AvgIpc) is 0.738. The highest BCUT2D eigenvalue weighted by Crippen LogP contribution is 2.57. The SMILES string of the molecule is COCc1cc(C2(c3cc(C)c(O)c(COC)c3)CCC(C)(C)CC2)cc(C)c1O.COCc1cc(C2(c3cc(C)c(O)c(COC)c3)CCCC(C)(C)C2)cc(C)c1O.COCc1cc(C2(c3cc(C)c(O)c(COC)c3)CCCC(C)C2)cc(C)c1O.Cc1cc(C2(c3cc(C)c(O)c(COc4ccccc4)c3)CCCCC2)cc(COc2ccccc2)c1O. The largest absolute Gasteiger partial charge is 0.507 e. The molecule has 10 aromatic carbocycles. The Hall–Kier alpha value is -10.0. The van der Waals surface area contributed by atoms with Crippen molar-refractivity contribution in [1.82, 2.24) is 0 Å². The number of phenolic OH excluding ortho intramolecular Hbond substituents is 8. The van der Waals surface area contributed by atoms with Crippen LogP contribution in [0.15, 0.2) is 158 Å². The molecule has 0 saturated heterocycles. The van der Waals surface area contributed by atoms with Gasteiger partial charge in [0.15, 0.2) is 0 Å². The molecule has 0 aliphatic heterocycles. The van der Waals surface area contributed by atoms with E-state index in [0.29, 0.717) is 98.7 Å². The van der Waals surface area contributed by atoms with Crippen LogP contribution in [0.3, 0.4) is 0 Å². The highest BCUT2D eigenvalue weighted by molar-refractivity contribution is 5.59. The van der Waals surface area contributed by atoms with Crippen LogP contribution in [0.4, 0.5) is 0 Å². The summed E-state index contributed by atoms with van der Waals surface area (Å²) in [4.78, 5) is 0. The maximum Gasteiger partial charge on any atom is 0.125 e. The minimum Gasteiger partial charge on any atom is -0.507 e. The Labute approximate surface area is 756 Å². The lowest BCUT2D eigenvalue weighted by molar-refractivity contribution is 0.169. The number of hydrogen-bond donors (Lipinski definition) is 8. The van der Waals surface area contributed by atoms with Crippen LogP contribution in [0.25, 0.3) is 0 Å². The molecule has 0 amide bonds. The predicted molar refractivity (Wildman–Crippen MR) is 507 cm³/mol. The molecule has 1 unspecified atom stereocenters. The third-order valence-electron chi connectivity index (χ3n) is 27.9. The Kier molecular flexibility index (Phi) is 32.6. The van der Waals surface area contributed by atoms with Gasteiger partial charge in [-0.15, -0.1) is 0 Å². The number of methoxy groups -OCH3 is 6. The lowest BCUT2D eigenvalue weighted by Crippen LogP contribution is -2.38. The molecule has 127 heavy (non-hydrogen) atoms. The molecule has 16 heteroatoms. The number of phenols is 8. The summed E-state index contributed by atoms with van der Waals surface area (Å²) in [5, 5.41) is 85.2. The molecular weight excluding hydrogens is 1590 g/mol. The lowest BCUT2D eigenvalue weighted by Gasteiger charge is -2.46. The van der Waals surface area contributed by atoms with Gasteiger partial charge in [-0.25, -0.2) is 0 Å². The van der Waals surface area contributed by atoms with E-state index in [2.05, 4.69) is 132 Å². The zero-order valence-electron chi connectivity index (χ0n) is 79.1. The monoisotopic (exact) mass is 1730 g/mol. The van der Waals surface area contributed by atoms with E-state index >= 15 is 0 Å². The Bertz CT molecular complexity index is 5090. The van der Waals surface area contributed by atoms with E-state index in [1.165, 1.54) is 63.8 Å². The van der Waals surface area contributed by atoms with Crippen LogP contribution in [0.2, 0.25) is 0 Å². The van der Waals surface area contributed by atoms with Crippen molar-refractivity contribution >= 4 is 0 Å². The second kappa shape index (κ2) is 42.5. The van der Waals surface area contributed by atoms with Gasteiger partial charge in [-0.05, 0) is 305 Å². The third kappa shape index (κ3) is 22.3. The quantitative estimate of drug-likeness (QED) is 0.0252. The van der Waals surface area contributed by atoms with Gasteiger partial charge in [-0.3, -0.25) is 0 Å². The van der Waals surface area contributed by atoms with E-state index in [9.17, 15) is 40.9 Å². The summed E-state index contributed by atoms with van der Waals surface area (Å²) in [5.41, 5.74) is 22.9. The fourth-order valence-electron chi connectivity index (χ4n) is 21.0. The first-order chi connectivity index (χ1) is 60.5. The van der Waals surface area contributed by atoms with E-state index in [-0.39, 0.29) is 38.6 Å². The first kappa shape index (κ1) is 97.6. The number of benzene rings is 10. The van der Waals surface area contributed by atoms with E-state index in [0.717, 1.165) is 190 Å². The summed E-state index contributed by atoms with van der Waals surface area (Å²) in [6.07, 6.45) is 18.6. The van der Waals surface area contributed by atoms with Gasteiger partial charge in [0.05, 0.1) is 39.6 Å². The van der Waals surface area contributed by atoms with Crippen molar-refractivity contribution in [2.45, 2.75) is 274 Å². The fraction of sp³-hybridized carbons (Fsp3) is 0.459. The molecule has 0 bridgehead atoms. The van der Waals surface area contributed by atoms with E-state index in [4.69, 9.17) is 37.9 Å². The maximum absolute atomic E-state index is 10.9. The number of hydrogen-bond acceptors (Lipinski definition) is 16. The van der Waals surface area contributed by atoms with Crippen molar-refractivity contribution in [3.63, 3.8) is 0 Å². The minimum atomic E-state index is -0.210. The van der Waals surface area contributed by atoms with Crippen molar-refractivity contribution in [3.8, 4) is 57.5 Å². The fourth-order valence-corrected chi connectivity index (χ4v) is 21.0. The first-order valence-corrected chi connectivity index (χ1v) is 45.5. The van der Waals surface area contributed by atoms with E-state index in [1.807, 2.05) is 116 Å². The molecule has 0 spiro atoms. The topological polar surface area (TPSA) is 236 Å². The smallest absolute Gasteiger partial charge is 0.125 e. The Balaban J connectivity index is 0.000000165. The van der Waals surface area contributed by atoms with Crippen LogP contribution in [-0.2, 0) is 103 Å². The van der Waals surface area contributed by atoms with Crippen molar-refractivity contribution in [1.29, 1.82) is 0 Å². The van der Waals surface area contributed by atoms with Gasteiger partial charge in [0.25, 0.3) is 0 Å². The summed E-state index contributed by atoms with van der Waals surface area (Å²) in [6, 6.07) is 53.4. The zero-order chi connectivity index (χ0) is 91.9. The van der Waals surface area contributed by atoms with Crippen LogP contribution >= 0.6 is 0 Å². The average molecular weight is 1730 g/mol. The summed E-state index contributed by atoms with van der Waals surface area (Å²) in [7, 11) is 9.92. The summed E-state index contributed by atoms with van der Waals surface area (Å²) < 4.78 is 44.2. The van der Waals surface area contributed by atoms with Gasteiger partial charge in [0, 0.05) is 109 Å². The molecule has 1 atom stereocenters. The zero-order valence-corrected chi connectivity index (χ0v) is 79.1. The Morgan fingerprint density at radius 2 is 0.504 bits per heavy atom. The highest BCUT2D eigenvalue weighted by Gasteiger charge is 2.46. The van der Waals surface area contributed by atoms with E-state index < -0.39 is 0 Å². The molecular formula is C111H142O16. The normalized spacial score (nSPS) is 17.1. The van der Waals surface area contributed by atoms with Gasteiger partial charge < -0.3 is 78.7 Å². The van der Waals surface area contributed by atoms with Crippen molar-refractivity contribution in [2.75, 3.05) is 42.7 Å². The summed E-state index contributed by atoms with van der Waals surface area (Å²) >= 11 is 0. The molecule has 0 aromatic heterocycles. The number of aromatic hydroxyl groups is 8. The third-order valence-corrected chi connectivity index (χ3v) is 27.9. The lowest BCUT2D eigenvalue weighted by atomic mass is 9.57. The molecule has 4 aliphatic rings. The second-order valence-corrected chi connectivity index (χ2v) is 38.7. The van der Waals surface area contributed by atoms with Crippen LogP contribution in [0.5, 0.6) is 57.5 Å². The predicted octanol–water partition coefficient (Wildman–Crippen LogP) is 25.4. The van der Waals surface area contributed by atoms with Crippen LogP contribution < -0.4 is 9.47 Å². The van der Waals surface area contributed by atoms with Gasteiger partial charge in [0.1, 0.15) is 70.7 Å². The molecule has 4 aliphatic carbocycles. The molecule has 4 saturated carbocycles. The molecule has 14 rings (SSSR count). The molecule has 682 valence electrons. The van der Waals surface area contributed by atoms with Gasteiger partial charge >= 0.3 is 0 Å². The van der Waals surface area contributed by atoms with Gasteiger partial charge in [0.2, 0.25) is 0 Å². The number of para-hydroxylation sites is 2. The maximum atomic E-state index is 10.9. The van der Waals surface area contributed by atoms with Crippen LogP contribution in [0.1, 0.15) is 277 Å². The number of ether oxygens (including phenoxy) is 8. The molecule has 0 radical (unpaired) electrons. The van der Waals surface area contributed by atoms with Crippen molar-refractivity contribution in [2.24, 2.45) is 16.7 Å². The molecule has 8 N–H and O–H groups in total. The number of rotatable bonds is 26. The molecule has 16 nitrogen and oxygen atoms in total. The Morgan fingerprint density at radius 1 is 0.260 bits per heavy atom. The van der Waals surface area contributed by atoms with Gasteiger partial charge in [-0.2, -0.15) is 0 Å². The minimum absolute atomic E-state index is 0.153. The summed E-state index contributed by atoms with van der Waals surface area (Å²) in [6.45, 7) is 30.2. The standard InChI is InChI=1S/C34H36O4.2C26H36O4.C25H34O4/c1-24-18-28(20-26(32(24)35)22-37-30-12-6-3-7-13-30)34(16-10-5-11-17-34)29-19-25(2)33(36)27(21-29)23-38-31-14-8-4-9-15-31;1-17-11-21(13-19(15-29-5)23(17)27)26(9-7-25(3,4)8-10-26)22-12-18(2)24(28)20(14-22)16-30-6;1-17-10-21(12-19(14-29-5)23(17)27)26(9-7-8-25(3,4)16-26)22-11-18(2)24(28)20(13-22)15-30-6;1-16-7-6-8-25(13-16,21-9-17(2)23(26)19(11-21)14-28-4)22-10-18(3)24(27)20(12-22)15-29-5/h3-4,6-9,12-15,18-21,35-36H,5,10-11,16-17,22-23H2,1-2H3;11-14,27-28H,7-10,15-16H2,1-6H3;10-13,27-28H,7-9,14-16H2,1-6H3;9-12,16,26-27H,6-8,13-15H2,1-5H3. The Morgan fingerprint density at radius 3 is 0.772 bits per heavy atom. The van der Waals surface area contributed by atoms with Crippen LogP contribution in [0, 0.1) is 72.1 Å².